The first-order valence-corrected chi connectivity index (χ1v) is 10.6. The quantitative estimate of drug-likeness (QED) is 0.716. The summed E-state index contributed by atoms with van der Waals surface area (Å²) >= 11 is 0. The van der Waals surface area contributed by atoms with Crippen LogP contribution in [0.5, 0.6) is 0 Å². The predicted octanol–water partition coefficient (Wildman–Crippen LogP) is 2.50. The minimum Gasteiger partial charge on any atom is -0.342 e. The summed E-state index contributed by atoms with van der Waals surface area (Å²) in [6.07, 6.45) is 1.92. The Labute approximate surface area is 175 Å². The van der Waals surface area contributed by atoms with Crippen LogP contribution >= 0.6 is 0 Å². The molecule has 1 amide bonds. The fraction of sp³-hybridized carbons (Fsp3) is 0.545. The smallest absolute Gasteiger partial charge is 0.272 e. The molecular weight excluding hydrogens is 380 g/mol. The van der Waals surface area contributed by atoms with Crippen LogP contribution in [0.25, 0.3) is 5.65 Å². The Hall–Kier alpha value is -2.90. The number of rotatable bonds is 4. The summed E-state index contributed by atoms with van der Waals surface area (Å²) in [5.41, 5.74) is 5.51. The van der Waals surface area contributed by atoms with Crippen molar-refractivity contribution in [3.05, 3.63) is 50.8 Å². The number of carbonyl (C=O) groups is 1. The van der Waals surface area contributed by atoms with Gasteiger partial charge in [0.15, 0.2) is 5.65 Å². The second-order valence-electron chi connectivity index (χ2n) is 8.64. The molecule has 1 aliphatic rings. The molecule has 8 nitrogen and oxygen atoms in total. The summed E-state index contributed by atoms with van der Waals surface area (Å²) in [6, 6.07) is 3.46. The SMILES string of the molecule is Cc1cc(=O)n2[nH]c(C3CCCN(C(=O)C(C)Cn4nc(C)c(C)c4C)C3)cc2n1. The van der Waals surface area contributed by atoms with Crippen molar-refractivity contribution >= 4 is 11.6 Å². The van der Waals surface area contributed by atoms with Crippen LogP contribution in [0.4, 0.5) is 0 Å². The van der Waals surface area contributed by atoms with Gasteiger partial charge >= 0.3 is 0 Å². The molecule has 4 rings (SSSR count). The number of carbonyl (C=O) groups excluding carboxylic acids is 1. The van der Waals surface area contributed by atoms with Gasteiger partial charge in [0.1, 0.15) is 0 Å². The van der Waals surface area contributed by atoms with Crippen LogP contribution in [0.15, 0.2) is 16.9 Å². The molecule has 160 valence electrons. The second kappa shape index (κ2) is 7.74. The second-order valence-corrected chi connectivity index (χ2v) is 8.64. The molecule has 3 aromatic heterocycles. The fourth-order valence-corrected chi connectivity index (χ4v) is 4.38. The van der Waals surface area contributed by atoms with Gasteiger partial charge in [0, 0.05) is 48.2 Å². The third-order valence-electron chi connectivity index (χ3n) is 6.38. The lowest BCUT2D eigenvalue weighted by Gasteiger charge is -2.34. The molecule has 0 bridgehead atoms. The molecule has 0 radical (unpaired) electrons. The highest BCUT2D eigenvalue weighted by molar-refractivity contribution is 5.78. The molecule has 3 aromatic rings. The molecule has 1 saturated heterocycles. The number of nitrogens with zero attached hydrogens (tertiary/aromatic N) is 5. The molecule has 1 aliphatic heterocycles. The highest BCUT2D eigenvalue weighted by Gasteiger charge is 2.29. The van der Waals surface area contributed by atoms with Gasteiger partial charge in [0.05, 0.1) is 18.2 Å². The minimum absolute atomic E-state index is 0.110. The van der Waals surface area contributed by atoms with Crippen LogP contribution in [-0.4, -0.2) is 48.3 Å². The molecule has 0 spiro atoms. The maximum Gasteiger partial charge on any atom is 0.272 e. The Balaban J connectivity index is 1.49. The zero-order valence-electron chi connectivity index (χ0n) is 18.4. The molecule has 0 aromatic carbocycles. The van der Waals surface area contributed by atoms with Crippen LogP contribution in [0, 0.1) is 33.6 Å². The highest BCUT2D eigenvalue weighted by atomic mass is 16.2. The van der Waals surface area contributed by atoms with Gasteiger partial charge in [-0.25, -0.2) is 9.50 Å². The van der Waals surface area contributed by atoms with Crippen LogP contribution in [0.3, 0.4) is 0 Å². The van der Waals surface area contributed by atoms with Crippen molar-refractivity contribution in [2.75, 3.05) is 13.1 Å². The third kappa shape index (κ3) is 3.66. The topological polar surface area (TPSA) is 88.3 Å². The summed E-state index contributed by atoms with van der Waals surface area (Å²) in [6.45, 7) is 11.9. The molecule has 1 N–H and O–H groups in total. The van der Waals surface area contributed by atoms with Crippen molar-refractivity contribution in [2.24, 2.45) is 5.92 Å². The Morgan fingerprint density at radius 2 is 2.03 bits per heavy atom. The van der Waals surface area contributed by atoms with E-state index in [2.05, 4.69) is 29.0 Å². The number of aromatic amines is 1. The number of aryl methyl sites for hydroxylation is 2. The van der Waals surface area contributed by atoms with Crippen LogP contribution < -0.4 is 5.56 Å². The molecule has 0 saturated carbocycles. The largest absolute Gasteiger partial charge is 0.342 e. The average Bonchev–Trinajstić information content (AvgIpc) is 3.25. The predicted molar refractivity (Wildman–Crippen MR) is 115 cm³/mol. The van der Waals surface area contributed by atoms with Gasteiger partial charge in [-0.1, -0.05) is 6.92 Å². The van der Waals surface area contributed by atoms with Crippen LogP contribution in [0.1, 0.15) is 54.0 Å². The van der Waals surface area contributed by atoms with Gasteiger partial charge in [0.2, 0.25) is 5.91 Å². The Bertz CT molecular complexity index is 1150. The lowest BCUT2D eigenvalue weighted by Crippen LogP contribution is -2.42. The summed E-state index contributed by atoms with van der Waals surface area (Å²) in [5.74, 6) is 0.190. The van der Waals surface area contributed by atoms with E-state index in [1.807, 2.05) is 36.4 Å². The normalized spacial score (nSPS) is 18.2. The molecule has 4 heterocycles. The van der Waals surface area contributed by atoms with E-state index in [4.69, 9.17) is 0 Å². The number of H-pyrrole nitrogens is 1. The number of nitrogens with one attached hydrogen (secondary N) is 1. The standard InChI is InChI=1S/C22H30N6O2/c1-13(11-27-17(5)15(3)16(4)24-27)22(30)26-8-6-7-18(12-26)19-10-20-23-14(2)9-21(29)28(20)25-19/h9-10,13,18,25H,6-8,11-12H2,1-5H3. The zero-order chi connectivity index (χ0) is 21.6. The Kier molecular flexibility index (Phi) is 5.26. The number of aromatic nitrogens is 5. The van der Waals surface area contributed by atoms with Crippen molar-refractivity contribution < 1.29 is 4.79 Å². The Morgan fingerprint density at radius 1 is 1.27 bits per heavy atom. The zero-order valence-corrected chi connectivity index (χ0v) is 18.4. The van der Waals surface area contributed by atoms with Gasteiger partial charge in [-0.2, -0.15) is 5.10 Å². The third-order valence-corrected chi connectivity index (χ3v) is 6.38. The first-order chi connectivity index (χ1) is 14.2. The van der Waals surface area contributed by atoms with E-state index in [-0.39, 0.29) is 23.3 Å². The summed E-state index contributed by atoms with van der Waals surface area (Å²) in [4.78, 5) is 31.8. The monoisotopic (exact) mass is 410 g/mol. The maximum atomic E-state index is 13.2. The van der Waals surface area contributed by atoms with Crippen molar-refractivity contribution in [1.29, 1.82) is 0 Å². The van der Waals surface area contributed by atoms with Gasteiger partial charge in [0.25, 0.3) is 5.56 Å². The molecule has 0 aliphatic carbocycles. The van der Waals surface area contributed by atoms with E-state index >= 15 is 0 Å². The van der Waals surface area contributed by atoms with Gasteiger partial charge in [-0.15, -0.1) is 0 Å². The molecule has 1 fully saturated rings. The lowest BCUT2D eigenvalue weighted by atomic mass is 9.94. The van der Waals surface area contributed by atoms with Gasteiger partial charge in [-0.05, 0) is 46.1 Å². The number of piperidine rings is 1. The first-order valence-electron chi connectivity index (χ1n) is 10.6. The van der Waals surface area contributed by atoms with Crippen molar-refractivity contribution in [3.63, 3.8) is 0 Å². The van der Waals surface area contributed by atoms with E-state index in [0.29, 0.717) is 24.4 Å². The van der Waals surface area contributed by atoms with E-state index in [1.54, 1.807) is 0 Å². The molecule has 30 heavy (non-hydrogen) atoms. The first kappa shape index (κ1) is 20.4. The van der Waals surface area contributed by atoms with Crippen LogP contribution in [-0.2, 0) is 11.3 Å². The molecule has 2 atom stereocenters. The van der Waals surface area contributed by atoms with Crippen molar-refractivity contribution in [2.45, 2.75) is 59.9 Å². The minimum atomic E-state index is -0.143. The van der Waals surface area contributed by atoms with Crippen molar-refractivity contribution in [1.82, 2.24) is 29.3 Å². The van der Waals surface area contributed by atoms with E-state index in [1.165, 1.54) is 16.1 Å². The lowest BCUT2D eigenvalue weighted by molar-refractivity contribution is -0.136. The fourth-order valence-electron chi connectivity index (χ4n) is 4.38. The summed E-state index contributed by atoms with van der Waals surface area (Å²) in [5, 5.41) is 7.78. The molecule has 2 unspecified atom stereocenters. The number of hydrogen-bond donors (Lipinski definition) is 1. The highest BCUT2D eigenvalue weighted by Crippen LogP contribution is 2.27. The Morgan fingerprint density at radius 3 is 2.73 bits per heavy atom. The van der Waals surface area contributed by atoms with Gasteiger partial charge < -0.3 is 4.90 Å². The average molecular weight is 411 g/mol. The van der Waals surface area contributed by atoms with E-state index in [0.717, 1.165) is 36.5 Å². The number of likely N-dealkylation sites (tertiary alicyclic amines) is 1. The number of fused-ring (bicyclic) bond motifs is 1. The number of hydrogen-bond acceptors (Lipinski definition) is 4. The van der Waals surface area contributed by atoms with Gasteiger partial charge in [-0.3, -0.25) is 19.4 Å². The summed E-state index contributed by atoms with van der Waals surface area (Å²) < 4.78 is 3.43. The maximum absolute atomic E-state index is 13.2. The van der Waals surface area contributed by atoms with Crippen LogP contribution in [0.2, 0.25) is 0 Å². The number of amides is 1. The molecular formula is C22H30N6O2. The van der Waals surface area contributed by atoms with E-state index < -0.39 is 0 Å². The molecule has 8 heteroatoms. The van der Waals surface area contributed by atoms with Crippen molar-refractivity contribution in [3.8, 4) is 0 Å². The van der Waals surface area contributed by atoms with E-state index in [9.17, 15) is 9.59 Å². The summed E-state index contributed by atoms with van der Waals surface area (Å²) in [7, 11) is 0.